The number of nitrogens with zero attached hydrogens (tertiary/aromatic N) is 3. The van der Waals surface area contributed by atoms with Gasteiger partial charge in [0.1, 0.15) is 10.7 Å². The van der Waals surface area contributed by atoms with Crippen LogP contribution in [-0.2, 0) is 19.6 Å². The number of aromatic nitrogens is 2. The van der Waals surface area contributed by atoms with E-state index in [1.807, 2.05) is 0 Å². The Hall–Kier alpha value is -3.47. The van der Waals surface area contributed by atoms with Crippen LogP contribution < -0.4 is 14.9 Å². The maximum Gasteiger partial charge on any atom is 0.283 e. The van der Waals surface area contributed by atoms with Gasteiger partial charge in [0.05, 0.1) is 15.6 Å². The molecule has 1 aliphatic rings. The molecule has 0 saturated carbocycles. The topological polar surface area (TPSA) is 121 Å². The number of imide groups is 1. The summed E-state index contributed by atoms with van der Waals surface area (Å²) in [6.07, 6.45) is 2.81. The Bertz CT molecular complexity index is 1350. The van der Waals surface area contributed by atoms with Crippen LogP contribution in [-0.4, -0.2) is 30.2 Å². The van der Waals surface area contributed by atoms with Crippen molar-refractivity contribution >= 4 is 62.4 Å². The van der Waals surface area contributed by atoms with Gasteiger partial charge in [0.25, 0.3) is 21.8 Å². The van der Waals surface area contributed by atoms with E-state index in [2.05, 4.69) is 20.0 Å². The van der Waals surface area contributed by atoms with Crippen molar-refractivity contribution in [3.63, 3.8) is 0 Å². The van der Waals surface area contributed by atoms with Crippen LogP contribution in [0, 0.1) is 0 Å². The first-order valence-electron chi connectivity index (χ1n) is 8.98. The van der Waals surface area contributed by atoms with E-state index < -0.39 is 21.8 Å². The number of hydrogen-bond donors (Lipinski definition) is 2. The van der Waals surface area contributed by atoms with Crippen LogP contribution in [0.1, 0.15) is 0 Å². The number of nitrogens with one attached hydrogen (secondary N) is 2. The minimum Gasteiger partial charge on any atom is -0.350 e. The predicted octanol–water partition coefficient (Wildman–Crippen LogP) is 3.37. The van der Waals surface area contributed by atoms with Crippen LogP contribution in [0.2, 0.25) is 5.02 Å². The van der Waals surface area contributed by atoms with E-state index >= 15 is 0 Å². The molecule has 1 aliphatic heterocycles. The smallest absolute Gasteiger partial charge is 0.283 e. The zero-order chi connectivity index (χ0) is 22.9. The second-order valence-corrected chi connectivity index (χ2v) is 8.88. The molecular weight excluding hydrogens is 477 g/mol. The normalized spacial score (nSPS) is 14.1. The number of sulfonamides is 1. The standard InChI is InChI=1S/C20H13Cl2N5O4S/c21-14-4-1-2-5-15(14)27-18(28)16(22)17(19(27)29)25-12-6-8-13(9-7-12)32(30,31)26-20-23-10-3-11-24-20/h1-11,25H,(H,23,24,26). The van der Waals surface area contributed by atoms with Gasteiger partial charge in [-0.3, -0.25) is 9.59 Å². The molecule has 0 radical (unpaired) electrons. The van der Waals surface area contributed by atoms with Crippen LogP contribution in [0.25, 0.3) is 0 Å². The third-order valence-corrected chi connectivity index (χ3v) is 6.36. The largest absolute Gasteiger partial charge is 0.350 e. The molecule has 9 nitrogen and oxygen atoms in total. The molecule has 0 aliphatic carbocycles. The van der Waals surface area contributed by atoms with E-state index in [1.165, 1.54) is 42.7 Å². The lowest BCUT2D eigenvalue weighted by atomic mass is 10.3. The Morgan fingerprint density at radius 2 is 1.50 bits per heavy atom. The highest BCUT2D eigenvalue weighted by molar-refractivity contribution is 7.92. The third-order valence-electron chi connectivity index (χ3n) is 4.35. The number of carbonyl (C=O) groups is 2. The lowest BCUT2D eigenvalue weighted by molar-refractivity contribution is -0.120. The first kappa shape index (κ1) is 21.8. The van der Waals surface area contributed by atoms with Gasteiger partial charge < -0.3 is 5.32 Å². The fourth-order valence-corrected chi connectivity index (χ4v) is 4.25. The van der Waals surface area contributed by atoms with E-state index in [0.29, 0.717) is 5.69 Å². The summed E-state index contributed by atoms with van der Waals surface area (Å²) in [4.78, 5) is 33.8. The summed E-state index contributed by atoms with van der Waals surface area (Å²) < 4.78 is 27.2. The Labute approximate surface area is 192 Å². The maximum absolute atomic E-state index is 12.8. The van der Waals surface area contributed by atoms with Gasteiger partial charge in [0.2, 0.25) is 5.95 Å². The minimum absolute atomic E-state index is 0.0536. The molecule has 2 amide bonds. The Kier molecular flexibility index (Phi) is 5.83. The average Bonchev–Trinajstić information content (AvgIpc) is 2.98. The van der Waals surface area contributed by atoms with Crippen LogP contribution >= 0.6 is 23.2 Å². The molecule has 1 aromatic heterocycles. The number of benzene rings is 2. The maximum atomic E-state index is 12.8. The van der Waals surface area contributed by atoms with Gasteiger partial charge in [-0.2, -0.15) is 0 Å². The summed E-state index contributed by atoms with van der Waals surface area (Å²) in [7, 11) is -3.92. The summed E-state index contributed by atoms with van der Waals surface area (Å²) in [5, 5.41) is 2.67. The molecule has 0 fully saturated rings. The molecule has 2 N–H and O–H groups in total. The highest BCUT2D eigenvalue weighted by Gasteiger charge is 2.39. The lowest BCUT2D eigenvalue weighted by Crippen LogP contribution is -2.32. The molecule has 0 spiro atoms. The quantitative estimate of drug-likeness (QED) is 0.509. The molecule has 12 heteroatoms. The summed E-state index contributed by atoms with van der Waals surface area (Å²) >= 11 is 12.2. The van der Waals surface area contributed by atoms with Crippen molar-refractivity contribution in [2.24, 2.45) is 0 Å². The molecule has 4 rings (SSSR count). The zero-order valence-electron chi connectivity index (χ0n) is 16.0. The van der Waals surface area contributed by atoms with E-state index in [4.69, 9.17) is 23.2 Å². The van der Waals surface area contributed by atoms with Crippen molar-refractivity contribution in [1.29, 1.82) is 0 Å². The van der Waals surface area contributed by atoms with Crippen molar-refractivity contribution in [2.75, 3.05) is 14.9 Å². The molecule has 0 atom stereocenters. The first-order chi connectivity index (χ1) is 15.3. The van der Waals surface area contributed by atoms with Crippen molar-refractivity contribution in [3.05, 3.63) is 82.7 Å². The molecule has 0 bridgehead atoms. The number of para-hydroxylation sites is 1. The average molecular weight is 490 g/mol. The number of hydrogen-bond acceptors (Lipinski definition) is 7. The van der Waals surface area contributed by atoms with Crippen LogP contribution in [0.4, 0.5) is 17.3 Å². The molecule has 2 aromatic carbocycles. The van der Waals surface area contributed by atoms with E-state index in [-0.39, 0.29) is 32.3 Å². The lowest BCUT2D eigenvalue weighted by Gasteiger charge is -2.16. The SMILES string of the molecule is O=C1C(Cl)=C(Nc2ccc(S(=O)(=O)Nc3ncccn3)cc2)C(=O)N1c1ccccc1Cl. The fraction of sp³-hybridized carbons (Fsp3) is 0. The highest BCUT2D eigenvalue weighted by atomic mass is 35.5. The molecule has 0 unspecified atom stereocenters. The highest BCUT2D eigenvalue weighted by Crippen LogP contribution is 2.34. The Morgan fingerprint density at radius 3 is 2.16 bits per heavy atom. The molecule has 32 heavy (non-hydrogen) atoms. The van der Waals surface area contributed by atoms with Gasteiger partial charge in [-0.1, -0.05) is 35.3 Å². The molecular formula is C20H13Cl2N5O4S. The van der Waals surface area contributed by atoms with E-state index in [9.17, 15) is 18.0 Å². The van der Waals surface area contributed by atoms with Crippen LogP contribution in [0.15, 0.2) is 82.6 Å². The van der Waals surface area contributed by atoms with Gasteiger partial charge in [-0.05, 0) is 42.5 Å². The molecule has 162 valence electrons. The number of anilines is 3. The molecule has 3 aromatic rings. The van der Waals surface area contributed by atoms with Crippen molar-refractivity contribution in [1.82, 2.24) is 9.97 Å². The summed E-state index contributed by atoms with van der Waals surface area (Å²) in [5.41, 5.74) is 0.396. The number of halogens is 2. The van der Waals surface area contributed by atoms with E-state index in [1.54, 1.807) is 24.3 Å². The summed E-state index contributed by atoms with van der Waals surface area (Å²) in [5.74, 6) is -1.48. The van der Waals surface area contributed by atoms with Gasteiger partial charge in [0.15, 0.2) is 0 Å². The monoisotopic (exact) mass is 489 g/mol. The Morgan fingerprint density at radius 1 is 0.844 bits per heavy atom. The molecule has 2 heterocycles. The van der Waals surface area contributed by atoms with Gasteiger partial charge in [0, 0.05) is 18.1 Å². The fourth-order valence-electron chi connectivity index (χ4n) is 2.86. The van der Waals surface area contributed by atoms with Gasteiger partial charge >= 0.3 is 0 Å². The van der Waals surface area contributed by atoms with Crippen molar-refractivity contribution in [3.8, 4) is 0 Å². The number of carbonyl (C=O) groups excluding carboxylic acids is 2. The minimum atomic E-state index is -3.92. The second kappa shape index (κ2) is 8.58. The summed E-state index contributed by atoms with van der Waals surface area (Å²) in [6, 6.07) is 13.4. The first-order valence-corrected chi connectivity index (χ1v) is 11.2. The Balaban J connectivity index is 1.54. The summed E-state index contributed by atoms with van der Waals surface area (Å²) in [6.45, 7) is 0. The predicted molar refractivity (Wildman–Crippen MR) is 120 cm³/mol. The van der Waals surface area contributed by atoms with Gasteiger partial charge in [-0.25, -0.2) is 28.0 Å². The van der Waals surface area contributed by atoms with Crippen molar-refractivity contribution < 1.29 is 18.0 Å². The van der Waals surface area contributed by atoms with Crippen molar-refractivity contribution in [2.45, 2.75) is 4.90 Å². The number of amides is 2. The second-order valence-electron chi connectivity index (χ2n) is 6.41. The van der Waals surface area contributed by atoms with E-state index in [0.717, 1.165) is 4.90 Å². The molecule has 0 saturated heterocycles. The van der Waals surface area contributed by atoms with Crippen LogP contribution in [0.3, 0.4) is 0 Å². The van der Waals surface area contributed by atoms with Crippen LogP contribution in [0.5, 0.6) is 0 Å². The third kappa shape index (κ3) is 4.15. The number of rotatable bonds is 6. The zero-order valence-corrected chi connectivity index (χ0v) is 18.3. The van der Waals surface area contributed by atoms with Gasteiger partial charge in [-0.15, -0.1) is 0 Å².